The van der Waals surface area contributed by atoms with E-state index in [1.54, 1.807) is 6.20 Å². The molecule has 21 heavy (non-hydrogen) atoms. The molecule has 2 nitrogen and oxygen atoms in total. The first kappa shape index (κ1) is 18.2. The highest BCUT2D eigenvalue weighted by Crippen LogP contribution is 2.32. The van der Waals surface area contributed by atoms with E-state index in [1.807, 2.05) is 18.3 Å². The molecule has 1 unspecified atom stereocenters. The van der Waals surface area contributed by atoms with Crippen molar-refractivity contribution in [1.29, 1.82) is 0 Å². The molecule has 0 aliphatic rings. The van der Waals surface area contributed by atoms with Crippen LogP contribution in [0.1, 0.15) is 90.0 Å². The number of rotatable bonds is 12. The molecule has 120 valence electrons. The van der Waals surface area contributed by atoms with Crippen molar-refractivity contribution in [3.05, 3.63) is 30.1 Å². The molecule has 1 rings (SSSR count). The molecule has 0 spiro atoms. The fourth-order valence-corrected chi connectivity index (χ4v) is 2.92. The molecule has 0 fully saturated rings. The third kappa shape index (κ3) is 7.08. The molecule has 0 aromatic carbocycles. The van der Waals surface area contributed by atoms with Crippen LogP contribution in [0.2, 0.25) is 0 Å². The van der Waals surface area contributed by atoms with Gasteiger partial charge in [0.15, 0.2) is 0 Å². The van der Waals surface area contributed by atoms with Crippen LogP contribution < -0.4 is 0 Å². The van der Waals surface area contributed by atoms with Gasteiger partial charge in [-0.25, -0.2) is 0 Å². The molecule has 1 aromatic rings. The normalized spacial score (nSPS) is 14.0. The van der Waals surface area contributed by atoms with E-state index in [0.29, 0.717) is 0 Å². The second kappa shape index (κ2) is 10.8. The Morgan fingerprint density at radius 3 is 2.00 bits per heavy atom. The Morgan fingerprint density at radius 2 is 1.48 bits per heavy atom. The van der Waals surface area contributed by atoms with Crippen LogP contribution in [0.4, 0.5) is 0 Å². The van der Waals surface area contributed by atoms with Crippen LogP contribution in [0.25, 0.3) is 0 Å². The van der Waals surface area contributed by atoms with E-state index in [0.717, 1.165) is 31.2 Å². The van der Waals surface area contributed by atoms with Gasteiger partial charge in [0, 0.05) is 18.0 Å². The second-order valence-electron chi connectivity index (χ2n) is 6.25. The van der Waals surface area contributed by atoms with Crippen molar-refractivity contribution in [2.75, 3.05) is 0 Å². The Bertz CT molecular complexity index is 352. The zero-order valence-corrected chi connectivity index (χ0v) is 14.0. The molecule has 1 N–H and O–H groups in total. The number of pyridine rings is 1. The molecule has 0 aliphatic heterocycles. The van der Waals surface area contributed by atoms with E-state index >= 15 is 0 Å². The van der Waals surface area contributed by atoms with E-state index in [2.05, 4.69) is 18.8 Å². The highest BCUT2D eigenvalue weighted by molar-refractivity contribution is 5.17. The fourth-order valence-electron chi connectivity index (χ4n) is 2.92. The average molecular weight is 291 g/mol. The van der Waals surface area contributed by atoms with Crippen LogP contribution in [0.5, 0.6) is 0 Å². The van der Waals surface area contributed by atoms with Crippen molar-refractivity contribution in [3.8, 4) is 0 Å². The minimum absolute atomic E-state index is 0.672. The molecular weight excluding hydrogens is 258 g/mol. The maximum atomic E-state index is 11.1. The van der Waals surface area contributed by atoms with Crippen LogP contribution in [-0.2, 0) is 5.60 Å². The third-order valence-electron chi connectivity index (χ3n) is 4.34. The van der Waals surface area contributed by atoms with Crippen molar-refractivity contribution < 1.29 is 5.11 Å². The minimum Gasteiger partial charge on any atom is -0.385 e. The van der Waals surface area contributed by atoms with Gasteiger partial charge in [-0.3, -0.25) is 4.98 Å². The van der Waals surface area contributed by atoms with E-state index in [4.69, 9.17) is 0 Å². The van der Waals surface area contributed by atoms with Gasteiger partial charge in [0.25, 0.3) is 0 Å². The molecule has 0 radical (unpaired) electrons. The topological polar surface area (TPSA) is 33.1 Å². The summed E-state index contributed by atoms with van der Waals surface area (Å²) in [5.41, 5.74) is 0.325. The van der Waals surface area contributed by atoms with E-state index < -0.39 is 5.60 Å². The van der Waals surface area contributed by atoms with Gasteiger partial charge in [0.2, 0.25) is 0 Å². The molecule has 2 heteroatoms. The van der Waals surface area contributed by atoms with Crippen LogP contribution >= 0.6 is 0 Å². The van der Waals surface area contributed by atoms with Gasteiger partial charge >= 0.3 is 0 Å². The summed E-state index contributed by atoms with van der Waals surface area (Å²) in [6, 6.07) is 3.96. The Labute approximate surface area is 131 Å². The lowest BCUT2D eigenvalue weighted by atomic mass is 9.84. The van der Waals surface area contributed by atoms with E-state index in [-0.39, 0.29) is 0 Å². The highest BCUT2D eigenvalue weighted by atomic mass is 16.3. The van der Waals surface area contributed by atoms with Crippen LogP contribution in [0.15, 0.2) is 24.5 Å². The Kier molecular flexibility index (Phi) is 9.32. The second-order valence-corrected chi connectivity index (χ2v) is 6.25. The number of aromatic nitrogens is 1. The Morgan fingerprint density at radius 1 is 0.905 bits per heavy atom. The summed E-state index contributed by atoms with van der Waals surface area (Å²) in [6.07, 6.45) is 16.4. The summed E-state index contributed by atoms with van der Waals surface area (Å²) >= 11 is 0. The molecule has 0 bridgehead atoms. The minimum atomic E-state index is -0.672. The highest BCUT2D eigenvalue weighted by Gasteiger charge is 2.28. The summed E-state index contributed by atoms with van der Waals surface area (Å²) in [6.45, 7) is 4.46. The number of hydrogen-bond acceptors (Lipinski definition) is 2. The van der Waals surface area contributed by atoms with E-state index in [9.17, 15) is 5.11 Å². The van der Waals surface area contributed by atoms with Gasteiger partial charge in [-0.1, -0.05) is 77.7 Å². The number of unbranched alkanes of at least 4 members (excludes halogenated alkanes) is 7. The molecule has 1 aromatic heterocycles. The first-order valence-corrected chi connectivity index (χ1v) is 8.86. The van der Waals surface area contributed by atoms with Crippen molar-refractivity contribution in [2.24, 2.45) is 0 Å². The third-order valence-corrected chi connectivity index (χ3v) is 4.34. The smallest absolute Gasteiger partial charge is 0.0911 e. The molecule has 1 heterocycles. The lowest BCUT2D eigenvalue weighted by Crippen LogP contribution is -2.26. The van der Waals surface area contributed by atoms with Crippen LogP contribution in [0, 0.1) is 0 Å². The van der Waals surface area contributed by atoms with Gasteiger partial charge in [0.1, 0.15) is 0 Å². The lowest BCUT2D eigenvalue weighted by molar-refractivity contribution is 0.0129. The maximum Gasteiger partial charge on any atom is 0.0911 e. The predicted octanol–water partition coefficient (Wildman–Crippen LogP) is 5.60. The first-order valence-electron chi connectivity index (χ1n) is 8.86. The standard InChI is InChI=1S/C19H33NO/c1-3-5-7-9-11-15-19(21,14-10-8-6-4-2)18-13-12-16-20-17-18/h12-13,16-17,21H,3-11,14-15H2,1-2H3. The zero-order chi connectivity index (χ0) is 15.4. The number of nitrogens with zero attached hydrogens (tertiary/aromatic N) is 1. The molecule has 1 atom stereocenters. The quantitative estimate of drug-likeness (QED) is 0.508. The average Bonchev–Trinajstić information content (AvgIpc) is 2.52. The summed E-state index contributed by atoms with van der Waals surface area (Å²) in [5.74, 6) is 0. The van der Waals surface area contributed by atoms with Crippen molar-refractivity contribution in [1.82, 2.24) is 4.98 Å². The summed E-state index contributed by atoms with van der Waals surface area (Å²) in [7, 11) is 0. The van der Waals surface area contributed by atoms with Crippen molar-refractivity contribution >= 4 is 0 Å². The summed E-state index contributed by atoms with van der Waals surface area (Å²) in [4.78, 5) is 4.19. The summed E-state index contributed by atoms with van der Waals surface area (Å²) in [5, 5.41) is 11.1. The van der Waals surface area contributed by atoms with Crippen LogP contribution in [-0.4, -0.2) is 10.1 Å². The monoisotopic (exact) mass is 291 g/mol. The summed E-state index contributed by atoms with van der Waals surface area (Å²) < 4.78 is 0. The zero-order valence-electron chi connectivity index (χ0n) is 14.0. The Hall–Kier alpha value is -0.890. The van der Waals surface area contributed by atoms with Gasteiger partial charge < -0.3 is 5.11 Å². The van der Waals surface area contributed by atoms with Crippen molar-refractivity contribution in [3.63, 3.8) is 0 Å². The lowest BCUT2D eigenvalue weighted by Gasteiger charge is -2.28. The Balaban J connectivity index is 2.52. The van der Waals surface area contributed by atoms with Gasteiger partial charge in [0.05, 0.1) is 5.60 Å². The number of hydrogen-bond donors (Lipinski definition) is 1. The van der Waals surface area contributed by atoms with Gasteiger partial charge in [-0.05, 0) is 18.9 Å². The predicted molar refractivity (Wildman–Crippen MR) is 90.3 cm³/mol. The molecular formula is C19H33NO. The number of aliphatic hydroxyl groups is 1. The van der Waals surface area contributed by atoms with Gasteiger partial charge in [-0.2, -0.15) is 0 Å². The van der Waals surface area contributed by atoms with Crippen molar-refractivity contribution in [2.45, 2.75) is 90.1 Å². The first-order chi connectivity index (χ1) is 10.2. The molecule has 0 saturated carbocycles. The fraction of sp³-hybridized carbons (Fsp3) is 0.737. The molecule has 0 saturated heterocycles. The molecule has 0 aliphatic carbocycles. The SMILES string of the molecule is CCCCCCCC(O)(CCCCCC)c1cccnc1. The van der Waals surface area contributed by atoms with Gasteiger partial charge in [-0.15, -0.1) is 0 Å². The maximum absolute atomic E-state index is 11.1. The van der Waals surface area contributed by atoms with E-state index in [1.165, 1.54) is 44.9 Å². The molecule has 0 amide bonds. The largest absolute Gasteiger partial charge is 0.385 e. The van der Waals surface area contributed by atoms with Crippen LogP contribution in [0.3, 0.4) is 0 Å².